The number of benzene rings is 1. The van der Waals surface area contributed by atoms with E-state index in [4.69, 9.17) is 0 Å². The van der Waals surface area contributed by atoms with Crippen molar-refractivity contribution in [3.63, 3.8) is 0 Å². The molecule has 0 fully saturated rings. The first-order valence-electron chi connectivity index (χ1n) is 6.49. The Balaban J connectivity index is 1.59. The quantitative estimate of drug-likeness (QED) is 0.626. The summed E-state index contributed by atoms with van der Waals surface area (Å²) in [5.41, 5.74) is 0. The van der Waals surface area contributed by atoms with Crippen molar-refractivity contribution in [2.75, 3.05) is 17.6 Å². The molecule has 1 aromatic carbocycles. The molecule has 0 saturated heterocycles. The Morgan fingerprint density at radius 3 is 2.81 bits per heavy atom. The highest BCUT2D eigenvalue weighted by Crippen LogP contribution is 2.18. The van der Waals surface area contributed by atoms with Crippen LogP contribution in [0.15, 0.2) is 35.4 Å². The number of anilines is 1. The van der Waals surface area contributed by atoms with Crippen LogP contribution in [-0.4, -0.2) is 23.3 Å². The Morgan fingerprint density at radius 2 is 2.14 bits per heavy atom. The van der Waals surface area contributed by atoms with Gasteiger partial charge in [0.25, 0.3) is 0 Å². The summed E-state index contributed by atoms with van der Waals surface area (Å²) in [5.74, 6) is 0.637. The molecule has 0 saturated carbocycles. The number of aryl methyl sites for hydroxylation is 1. The van der Waals surface area contributed by atoms with Gasteiger partial charge in [-0.1, -0.05) is 0 Å². The van der Waals surface area contributed by atoms with E-state index in [1.54, 1.807) is 30.1 Å². The second-order valence-corrected chi connectivity index (χ2v) is 6.72. The van der Waals surface area contributed by atoms with Gasteiger partial charge in [-0.25, -0.2) is 14.2 Å². The molecule has 0 radical (unpaired) electrons. The van der Waals surface area contributed by atoms with Crippen molar-refractivity contribution >= 4 is 34.3 Å². The summed E-state index contributed by atoms with van der Waals surface area (Å²) in [7, 11) is 0. The largest absolute Gasteiger partial charge is 0.338 e. The molecule has 2 aromatic rings. The molecule has 0 spiro atoms. The summed E-state index contributed by atoms with van der Waals surface area (Å²) in [6, 6.07) is 6.17. The minimum atomic E-state index is -0.240. The Hall–Kier alpha value is -1.60. The molecule has 1 heterocycles. The van der Waals surface area contributed by atoms with Crippen molar-refractivity contribution in [2.45, 2.75) is 18.2 Å². The van der Waals surface area contributed by atoms with Gasteiger partial charge in [-0.05, 0) is 43.4 Å². The maximum absolute atomic E-state index is 12.7. The maximum Gasteiger partial charge on any atom is 0.321 e. The summed E-state index contributed by atoms with van der Waals surface area (Å²) in [6.07, 6.45) is 2.56. The van der Waals surface area contributed by atoms with Gasteiger partial charge >= 0.3 is 6.03 Å². The zero-order valence-electron chi connectivity index (χ0n) is 11.6. The number of urea groups is 1. The van der Waals surface area contributed by atoms with E-state index in [2.05, 4.69) is 15.6 Å². The lowest BCUT2D eigenvalue weighted by Gasteiger charge is -2.05. The van der Waals surface area contributed by atoms with E-state index in [9.17, 15) is 9.18 Å². The third-order valence-corrected chi connectivity index (χ3v) is 4.46. The number of thiazole rings is 1. The van der Waals surface area contributed by atoms with Crippen LogP contribution in [0, 0.1) is 12.7 Å². The molecule has 7 heteroatoms. The van der Waals surface area contributed by atoms with E-state index in [1.165, 1.54) is 23.5 Å². The Kier molecular flexibility index (Phi) is 6.01. The van der Waals surface area contributed by atoms with Crippen molar-refractivity contribution in [3.8, 4) is 0 Å². The number of carbonyl (C=O) groups is 1. The summed E-state index contributed by atoms with van der Waals surface area (Å²) in [4.78, 5) is 17.7. The average molecular weight is 325 g/mol. The van der Waals surface area contributed by atoms with Gasteiger partial charge in [0.1, 0.15) is 5.82 Å². The van der Waals surface area contributed by atoms with Crippen molar-refractivity contribution in [1.82, 2.24) is 10.3 Å². The first-order valence-corrected chi connectivity index (χ1v) is 8.29. The second-order valence-electron chi connectivity index (χ2n) is 4.31. The number of amides is 2. The van der Waals surface area contributed by atoms with Crippen LogP contribution in [0.1, 0.15) is 11.3 Å². The number of halogens is 1. The van der Waals surface area contributed by atoms with E-state index in [0.29, 0.717) is 11.7 Å². The monoisotopic (exact) mass is 325 g/mol. The number of rotatable bonds is 6. The summed E-state index contributed by atoms with van der Waals surface area (Å²) in [6.45, 7) is 2.53. The number of hydrogen-bond acceptors (Lipinski definition) is 4. The van der Waals surface area contributed by atoms with Crippen LogP contribution < -0.4 is 10.6 Å². The molecule has 2 amide bonds. The zero-order valence-corrected chi connectivity index (χ0v) is 13.2. The van der Waals surface area contributed by atoms with Crippen molar-refractivity contribution in [1.29, 1.82) is 0 Å². The lowest BCUT2D eigenvalue weighted by molar-refractivity contribution is 0.252. The first kappa shape index (κ1) is 15.8. The minimum absolute atomic E-state index is 0.227. The zero-order chi connectivity index (χ0) is 15.1. The SMILES string of the molecule is Cc1cnc(NC(=O)NCCCSc2ccc(F)cc2)s1. The average Bonchev–Trinajstić information content (AvgIpc) is 2.86. The highest BCUT2D eigenvalue weighted by atomic mass is 32.2. The molecule has 2 rings (SSSR count). The van der Waals surface area contributed by atoms with Gasteiger partial charge in [0, 0.05) is 22.5 Å². The smallest absolute Gasteiger partial charge is 0.321 e. The number of aromatic nitrogens is 1. The van der Waals surface area contributed by atoms with Gasteiger partial charge in [-0.2, -0.15) is 0 Å². The van der Waals surface area contributed by atoms with Crippen molar-refractivity contribution < 1.29 is 9.18 Å². The molecule has 0 aliphatic heterocycles. The minimum Gasteiger partial charge on any atom is -0.338 e. The predicted molar refractivity (Wildman–Crippen MR) is 85.6 cm³/mol. The molecule has 0 bridgehead atoms. The third-order valence-electron chi connectivity index (χ3n) is 2.53. The molecule has 4 nitrogen and oxygen atoms in total. The van der Waals surface area contributed by atoms with Crippen LogP contribution in [0.2, 0.25) is 0 Å². The number of nitrogens with zero attached hydrogens (tertiary/aromatic N) is 1. The number of thioether (sulfide) groups is 1. The van der Waals surface area contributed by atoms with Crippen LogP contribution in [-0.2, 0) is 0 Å². The van der Waals surface area contributed by atoms with Crippen LogP contribution in [0.5, 0.6) is 0 Å². The van der Waals surface area contributed by atoms with E-state index >= 15 is 0 Å². The van der Waals surface area contributed by atoms with E-state index in [0.717, 1.165) is 21.9 Å². The molecule has 21 heavy (non-hydrogen) atoms. The molecule has 2 N–H and O–H groups in total. The van der Waals surface area contributed by atoms with Crippen LogP contribution in [0.3, 0.4) is 0 Å². The maximum atomic E-state index is 12.7. The van der Waals surface area contributed by atoms with Crippen LogP contribution in [0.25, 0.3) is 0 Å². The second kappa shape index (κ2) is 7.99. The standard InChI is InChI=1S/C14H16FN3OS2/c1-10-9-17-14(21-10)18-13(19)16-7-2-8-20-12-5-3-11(15)4-6-12/h3-6,9H,2,7-8H2,1H3,(H2,16,17,18,19). The fourth-order valence-electron chi connectivity index (χ4n) is 1.55. The van der Waals surface area contributed by atoms with Crippen molar-refractivity contribution in [3.05, 3.63) is 41.2 Å². The Morgan fingerprint density at radius 1 is 1.38 bits per heavy atom. The molecule has 112 valence electrons. The Bertz CT molecular complexity index is 586. The summed E-state index contributed by atoms with van der Waals surface area (Å²) >= 11 is 3.08. The number of carbonyl (C=O) groups excluding carboxylic acids is 1. The van der Waals surface area contributed by atoms with Crippen molar-refractivity contribution in [2.24, 2.45) is 0 Å². The van der Waals surface area contributed by atoms with Gasteiger partial charge in [-0.15, -0.1) is 23.1 Å². The lowest BCUT2D eigenvalue weighted by Crippen LogP contribution is -2.29. The molecule has 0 aliphatic carbocycles. The van der Waals surface area contributed by atoms with E-state index < -0.39 is 0 Å². The normalized spacial score (nSPS) is 10.4. The lowest BCUT2D eigenvalue weighted by atomic mass is 10.4. The summed E-state index contributed by atoms with van der Waals surface area (Å²) < 4.78 is 12.7. The van der Waals surface area contributed by atoms with Gasteiger partial charge < -0.3 is 5.32 Å². The highest BCUT2D eigenvalue weighted by Gasteiger charge is 2.04. The Labute approximate surface area is 131 Å². The fraction of sp³-hybridized carbons (Fsp3) is 0.286. The molecular weight excluding hydrogens is 309 g/mol. The predicted octanol–water partition coefficient (Wildman–Crippen LogP) is 3.89. The van der Waals surface area contributed by atoms with E-state index in [-0.39, 0.29) is 11.8 Å². The topological polar surface area (TPSA) is 54.0 Å². The number of nitrogens with one attached hydrogen (secondary N) is 2. The third kappa shape index (κ3) is 5.73. The molecule has 0 atom stereocenters. The van der Waals surface area contributed by atoms with Gasteiger partial charge in [0.05, 0.1) is 0 Å². The van der Waals surface area contributed by atoms with Crippen LogP contribution >= 0.6 is 23.1 Å². The fourth-order valence-corrected chi connectivity index (χ4v) is 3.06. The molecular formula is C14H16FN3OS2. The van der Waals surface area contributed by atoms with Gasteiger partial charge in [0.2, 0.25) is 0 Å². The van der Waals surface area contributed by atoms with Crippen LogP contribution in [0.4, 0.5) is 14.3 Å². The van der Waals surface area contributed by atoms with Gasteiger partial charge in [-0.3, -0.25) is 5.32 Å². The summed E-state index contributed by atoms with van der Waals surface area (Å²) in [5, 5.41) is 6.07. The molecule has 0 unspecified atom stereocenters. The van der Waals surface area contributed by atoms with Gasteiger partial charge in [0.15, 0.2) is 5.13 Å². The molecule has 1 aromatic heterocycles. The first-order chi connectivity index (χ1) is 10.1. The number of hydrogen-bond donors (Lipinski definition) is 2. The molecule has 0 aliphatic rings. The van der Waals surface area contributed by atoms with E-state index in [1.807, 2.05) is 6.92 Å². The highest BCUT2D eigenvalue weighted by molar-refractivity contribution is 7.99.